The number of nitrogens with zero attached hydrogens (tertiary/aromatic N) is 2. The third kappa shape index (κ3) is 4.45. The fourth-order valence-corrected chi connectivity index (χ4v) is 2.98. The van der Waals surface area contributed by atoms with E-state index in [2.05, 4.69) is 17.3 Å². The summed E-state index contributed by atoms with van der Waals surface area (Å²) in [5.41, 5.74) is 1.65. The average molecular weight is 338 g/mol. The van der Waals surface area contributed by atoms with Crippen molar-refractivity contribution < 1.29 is 4.79 Å². The van der Waals surface area contributed by atoms with Gasteiger partial charge < -0.3 is 5.32 Å². The molecule has 0 aliphatic carbocycles. The van der Waals surface area contributed by atoms with Crippen LogP contribution in [0.1, 0.15) is 35.9 Å². The maximum atomic E-state index is 11.8. The summed E-state index contributed by atoms with van der Waals surface area (Å²) in [5, 5.41) is 9.85. The van der Waals surface area contributed by atoms with E-state index in [9.17, 15) is 4.79 Å². The van der Waals surface area contributed by atoms with Gasteiger partial charge in [-0.05, 0) is 30.9 Å². The fraction of sp³-hybridized carbons (Fsp3) is 0.375. The number of unbranched alkanes of at least 4 members (excludes halogenated alkanes) is 1. The second-order valence-electron chi connectivity index (χ2n) is 5.00. The van der Waals surface area contributed by atoms with E-state index >= 15 is 0 Å². The van der Waals surface area contributed by atoms with E-state index in [0.29, 0.717) is 11.7 Å². The standard InChI is InChI=1S/C16H20ClN3OS/c1-3-4-9-20-16(17)14(12(2)19-20)7-8-15(21)18-11-13-6-5-10-22-13/h5-8,10H,3-4,9,11H2,1-2H3,(H,18,21)/b8-7+. The van der Waals surface area contributed by atoms with Gasteiger partial charge in [-0.25, -0.2) is 0 Å². The zero-order valence-electron chi connectivity index (χ0n) is 12.8. The molecule has 0 radical (unpaired) electrons. The number of aryl methyl sites for hydroxylation is 2. The van der Waals surface area contributed by atoms with Crippen LogP contribution >= 0.6 is 22.9 Å². The highest BCUT2D eigenvalue weighted by Gasteiger charge is 2.10. The minimum Gasteiger partial charge on any atom is -0.348 e. The van der Waals surface area contributed by atoms with Gasteiger partial charge in [0.15, 0.2) is 0 Å². The van der Waals surface area contributed by atoms with Crippen molar-refractivity contribution in [2.45, 2.75) is 39.8 Å². The van der Waals surface area contributed by atoms with Gasteiger partial charge in [-0.3, -0.25) is 9.48 Å². The number of thiophene rings is 1. The summed E-state index contributed by atoms with van der Waals surface area (Å²) in [7, 11) is 0. The molecule has 1 N–H and O–H groups in total. The number of carbonyl (C=O) groups excluding carboxylic acids is 1. The van der Waals surface area contributed by atoms with E-state index in [1.54, 1.807) is 22.1 Å². The van der Waals surface area contributed by atoms with Crippen molar-refractivity contribution >= 4 is 34.9 Å². The first kappa shape index (κ1) is 16.8. The first-order chi connectivity index (χ1) is 10.6. The number of aromatic nitrogens is 2. The second kappa shape index (κ2) is 8.15. The van der Waals surface area contributed by atoms with Crippen LogP contribution in [-0.4, -0.2) is 15.7 Å². The Labute approximate surface area is 139 Å². The van der Waals surface area contributed by atoms with Gasteiger partial charge >= 0.3 is 0 Å². The maximum Gasteiger partial charge on any atom is 0.244 e. The number of halogens is 1. The SMILES string of the molecule is CCCCn1nc(C)c(/C=C/C(=O)NCc2cccs2)c1Cl. The molecule has 6 heteroatoms. The van der Waals surface area contributed by atoms with Gasteiger partial charge in [0, 0.05) is 23.1 Å². The van der Waals surface area contributed by atoms with Crippen LogP contribution in [0.2, 0.25) is 5.15 Å². The minimum absolute atomic E-state index is 0.134. The highest BCUT2D eigenvalue weighted by atomic mass is 35.5. The number of hydrogen-bond acceptors (Lipinski definition) is 3. The maximum absolute atomic E-state index is 11.8. The normalized spacial score (nSPS) is 11.2. The molecule has 0 aliphatic heterocycles. The van der Waals surface area contributed by atoms with E-state index in [-0.39, 0.29) is 5.91 Å². The lowest BCUT2D eigenvalue weighted by atomic mass is 10.2. The second-order valence-corrected chi connectivity index (χ2v) is 6.39. The molecule has 0 saturated carbocycles. The van der Waals surface area contributed by atoms with Crippen molar-refractivity contribution in [1.82, 2.24) is 15.1 Å². The zero-order chi connectivity index (χ0) is 15.9. The van der Waals surface area contributed by atoms with Gasteiger partial charge in [0.1, 0.15) is 5.15 Å². The highest BCUT2D eigenvalue weighted by Crippen LogP contribution is 2.21. The van der Waals surface area contributed by atoms with E-state index in [4.69, 9.17) is 11.6 Å². The molecule has 2 aromatic heterocycles. The Hall–Kier alpha value is -1.59. The van der Waals surface area contributed by atoms with Crippen LogP contribution in [0.25, 0.3) is 6.08 Å². The molecular formula is C16H20ClN3OS. The predicted octanol–water partition coefficient (Wildman–Crippen LogP) is 4.04. The van der Waals surface area contributed by atoms with Crippen LogP contribution < -0.4 is 5.32 Å². The van der Waals surface area contributed by atoms with Crippen LogP contribution in [-0.2, 0) is 17.9 Å². The summed E-state index contributed by atoms with van der Waals surface area (Å²) in [6.45, 7) is 5.37. The van der Waals surface area contributed by atoms with Crippen molar-refractivity contribution in [3.8, 4) is 0 Å². The Morgan fingerprint density at radius 2 is 2.36 bits per heavy atom. The first-order valence-electron chi connectivity index (χ1n) is 7.33. The summed E-state index contributed by atoms with van der Waals surface area (Å²) in [4.78, 5) is 13.0. The molecule has 0 spiro atoms. The molecule has 0 atom stereocenters. The van der Waals surface area contributed by atoms with E-state index in [1.807, 2.05) is 24.4 Å². The van der Waals surface area contributed by atoms with Crippen LogP contribution in [0, 0.1) is 6.92 Å². The fourth-order valence-electron chi connectivity index (χ4n) is 2.02. The van der Waals surface area contributed by atoms with Crippen molar-refractivity contribution in [1.29, 1.82) is 0 Å². The third-order valence-electron chi connectivity index (χ3n) is 3.25. The minimum atomic E-state index is -0.134. The van der Waals surface area contributed by atoms with E-state index in [0.717, 1.165) is 35.5 Å². The van der Waals surface area contributed by atoms with E-state index in [1.165, 1.54) is 6.08 Å². The molecule has 22 heavy (non-hydrogen) atoms. The first-order valence-corrected chi connectivity index (χ1v) is 8.58. The summed E-state index contributed by atoms with van der Waals surface area (Å²) < 4.78 is 1.80. The van der Waals surface area contributed by atoms with Crippen molar-refractivity contribution in [3.63, 3.8) is 0 Å². The number of amides is 1. The molecule has 0 unspecified atom stereocenters. The number of nitrogens with one attached hydrogen (secondary N) is 1. The number of rotatable bonds is 7. The molecule has 0 fully saturated rings. The van der Waals surface area contributed by atoms with Crippen LogP contribution in [0.15, 0.2) is 23.6 Å². The molecule has 2 rings (SSSR count). The lowest BCUT2D eigenvalue weighted by Gasteiger charge is -2.01. The molecule has 0 bridgehead atoms. The van der Waals surface area contributed by atoms with Crippen molar-refractivity contribution in [2.75, 3.05) is 0 Å². The van der Waals surface area contributed by atoms with Crippen LogP contribution in [0.4, 0.5) is 0 Å². The monoisotopic (exact) mass is 337 g/mol. The molecular weight excluding hydrogens is 318 g/mol. The average Bonchev–Trinajstić information content (AvgIpc) is 3.10. The Morgan fingerprint density at radius 3 is 3.05 bits per heavy atom. The van der Waals surface area contributed by atoms with Crippen LogP contribution in [0.3, 0.4) is 0 Å². The van der Waals surface area contributed by atoms with Gasteiger partial charge in [-0.15, -0.1) is 11.3 Å². The van der Waals surface area contributed by atoms with E-state index < -0.39 is 0 Å². The van der Waals surface area contributed by atoms with Crippen molar-refractivity contribution in [2.24, 2.45) is 0 Å². The summed E-state index contributed by atoms with van der Waals surface area (Å²) in [5.74, 6) is -0.134. The number of carbonyl (C=O) groups is 1. The molecule has 118 valence electrons. The zero-order valence-corrected chi connectivity index (χ0v) is 14.4. The largest absolute Gasteiger partial charge is 0.348 e. The van der Waals surface area contributed by atoms with Gasteiger partial charge in [0.05, 0.1) is 12.2 Å². The molecule has 0 aliphatic rings. The Kier molecular flexibility index (Phi) is 6.21. The molecule has 0 saturated heterocycles. The number of hydrogen-bond donors (Lipinski definition) is 1. The summed E-state index contributed by atoms with van der Waals surface area (Å²) >= 11 is 7.95. The molecule has 2 heterocycles. The van der Waals surface area contributed by atoms with Gasteiger partial charge in [0.2, 0.25) is 5.91 Å². The Balaban J connectivity index is 1.97. The third-order valence-corrected chi connectivity index (χ3v) is 4.53. The Bertz CT molecular complexity index is 647. The lowest BCUT2D eigenvalue weighted by molar-refractivity contribution is -0.116. The van der Waals surface area contributed by atoms with Gasteiger partial charge in [-0.2, -0.15) is 5.10 Å². The van der Waals surface area contributed by atoms with Crippen molar-refractivity contribution in [3.05, 3.63) is 44.9 Å². The molecule has 0 aromatic carbocycles. The topological polar surface area (TPSA) is 46.9 Å². The molecule has 1 amide bonds. The summed E-state index contributed by atoms with van der Waals surface area (Å²) in [6, 6.07) is 3.96. The van der Waals surface area contributed by atoms with Gasteiger partial charge in [-0.1, -0.05) is 31.0 Å². The Morgan fingerprint density at radius 1 is 1.55 bits per heavy atom. The smallest absolute Gasteiger partial charge is 0.244 e. The highest BCUT2D eigenvalue weighted by molar-refractivity contribution is 7.09. The lowest BCUT2D eigenvalue weighted by Crippen LogP contribution is -2.19. The van der Waals surface area contributed by atoms with Crippen LogP contribution in [0.5, 0.6) is 0 Å². The molecule has 4 nitrogen and oxygen atoms in total. The molecule has 2 aromatic rings. The summed E-state index contributed by atoms with van der Waals surface area (Å²) in [6.07, 6.45) is 5.36. The quantitative estimate of drug-likeness (QED) is 0.775. The van der Waals surface area contributed by atoms with Gasteiger partial charge in [0.25, 0.3) is 0 Å². The predicted molar refractivity (Wildman–Crippen MR) is 92.1 cm³/mol.